The second-order valence-electron chi connectivity index (χ2n) is 1.96. The third-order valence-corrected chi connectivity index (χ3v) is 1.25. The van der Waals surface area contributed by atoms with E-state index in [9.17, 15) is 9.59 Å². The number of hydrogen-bond acceptors (Lipinski definition) is 2. The maximum atomic E-state index is 10.5. The minimum atomic E-state index is -1.20. The van der Waals surface area contributed by atoms with Crippen molar-refractivity contribution in [3.63, 3.8) is 0 Å². The molecular weight excluding hydrogens is 148 g/mol. The Kier molecular flexibility index (Phi) is 1.80. The van der Waals surface area contributed by atoms with Crippen LogP contribution < -0.4 is 0 Å². The first kappa shape index (κ1) is 7.59. The van der Waals surface area contributed by atoms with E-state index in [2.05, 4.69) is 9.98 Å². The van der Waals surface area contributed by atoms with Crippen molar-refractivity contribution in [2.75, 3.05) is 0 Å². The van der Waals surface area contributed by atoms with Crippen LogP contribution >= 0.6 is 0 Å². The molecule has 0 saturated carbocycles. The molecule has 5 heteroatoms. The van der Waals surface area contributed by atoms with E-state index in [1.165, 1.54) is 0 Å². The monoisotopic (exact) mass is 154 g/mol. The largest absolute Gasteiger partial charge is 0.476 e. The molecular formula is C6H6N2O3. The number of amides is 2. The summed E-state index contributed by atoms with van der Waals surface area (Å²) in [5.41, 5.74) is 0.0278. The van der Waals surface area contributed by atoms with E-state index in [1.54, 1.807) is 6.92 Å². The fourth-order valence-electron chi connectivity index (χ4n) is 0.771. The summed E-state index contributed by atoms with van der Waals surface area (Å²) >= 11 is 0. The van der Waals surface area contributed by atoms with Crippen LogP contribution in [0.25, 0.3) is 0 Å². The van der Waals surface area contributed by atoms with Gasteiger partial charge in [-0.2, -0.15) is 9.98 Å². The minimum Gasteiger partial charge on any atom is -0.476 e. The molecule has 0 bridgehead atoms. The van der Waals surface area contributed by atoms with Gasteiger partial charge in [-0.3, -0.25) is 0 Å². The van der Waals surface area contributed by atoms with E-state index in [-0.39, 0.29) is 11.4 Å². The van der Waals surface area contributed by atoms with Crippen LogP contribution in [0.2, 0.25) is 0 Å². The highest BCUT2D eigenvalue weighted by atomic mass is 16.4. The van der Waals surface area contributed by atoms with E-state index >= 15 is 0 Å². The second kappa shape index (κ2) is 2.61. The average Bonchev–Trinajstić information content (AvgIpc) is 2.30. The molecule has 0 fully saturated rings. The summed E-state index contributed by atoms with van der Waals surface area (Å²) in [6.45, 7) is 1.72. The number of aliphatic carboxylic acids is 1. The van der Waals surface area contributed by atoms with Gasteiger partial charge in [0.2, 0.25) is 0 Å². The zero-order chi connectivity index (χ0) is 8.43. The van der Waals surface area contributed by atoms with Crippen LogP contribution in [0.15, 0.2) is 9.98 Å². The highest BCUT2D eigenvalue weighted by molar-refractivity contribution is 6.68. The third-order valence-electron chi connectivity index (χ3n) is 1.25. The van der Waals surface area contributed by atoms with Crippen LogP contribution in [-0.4, -0.2) is 28.5 Å². The van der Waals surface area contributed by atoms with Crippen LogP contribution in [0.1, 0.15) is 13.3 Å². The molecule has 11 heavy (non-hydrogen) atoms. The van der Waals surface area contributed by atoms with Gasteiger partial charge in [0, 0.05) is 0 Å². The van der Waals surface area contributed by atoms with Crippen LogP contribution in [0.3, 0.4) is 0 Å². The van der Waals surface area contributed by atoms with Crippen molar-refractivity contribution in [3.05, 3.63) is 0 Å². The lowest BCUT2D eigenvalue weighted by Gasteiger charge is -1.92. The molecule has 0 aromatic heterocycles. The van der Waals surface area contributed by atoms with Gasteiger partial charge in [0.25, 0.3) is 0 Å². The molecule has 2 amide bonds. The minimum absolute atomic E-state index is 0.225. The molecule has 0 radical (unpaired) electrons. The Labute approximate surface area is 62.5 Å². The quantitative estimate of drug-likeness (QED) is 0.628. The number of carbonyl (C=O) groups excluding carboxylic acids is 1. The molecule has 1 heterocycles. The summed E-state index contributed by atoms with van der Waals surface area (Å²) < 4.78 is 0. The van der Waals surface area contributed by atoms with Gasteiger partial charge < -0.3 is 5.11 Å². The average molecular weight is 154 g/mol. The summed E-state index contributed by atoms with van der Waals surface area (Å²) in [5.74, 6) is -1.20. The zero-order valence-electron chi connectivity index (χ0n) is 5.87. The van der Waals surface area contributed by atoms with Gasteiger partial charge in [-0.25, -0.2) is 9.59 Å². The third kappa shape index (κ3) is 1.31. The van der Waals surface area contributed by atoms with Crippen LogP contribution in [0.4, 0.5) is 4.79 Å². The SMILES string of the molecule is CCC1=NC(=O)N=C1C(=O)O. The fraction of sp³-hybridized carbons (Fsp3) is 0.333. The summed E-state index contributed by atoms with van der Waals surface area (Å²) in [5, 5.41) is 8.47. The number of carboxylic acids is 1. The highest BCUT2D eigenvalue weighted by Gasteiger charge is 2.23. The molecule has 0 unspecified atom stereocenters. The van der Waals surface area contributed by atoms with Gasteiger partial charge in [0.1, 0.15) is 0 Å². The van der Waals surface area contributed by atoms with Gasteiger partial charge in [0.05, 0.1) is 5.71 Å². The number of nitrogens with zero attached hydrogens (tertiary/aromatic N) is 2. The van der Waals surface area contributed by atoms with E-state index < -0.39 is 12.0 Å². The van der Waals surface area contributed by atoms with Crippen LogP contribution in [0.5, 0.6) is 0 Å². The normalized spacial score (nSPS) is 16.3. The van der Waals surface area contributed by atoms with Crippen LogP contribution in [-0.2, 0) is 4.79 Å². The Bertz CT molecular complexity index is 278. The van der Waals surface area contributed by atoms with Crippen molar-refractivity contribution in [1.82, 2.24) is 0 Å². The molecule has 0 spiro atoms. The van der Waals surface area contributed by atoms with E-state index in [1.807, 2.05) is 0 Å². The summed E-state index contributed by atoms with van der Waals surface area (Å²) in [6.07, 6.45) is 0.414. The topological polar surface area (TPSA) is 79.1 Å². The Morgan fingerprint density at radius 2 is 2.18 bits per heavy atom. The molecule has 0 saturated heterocycles. The maximum absolute atomic E-state index is 10.5. The van der Waals surface area contributed by atoms with Gasteiger partial charge in [-0.05, 0) is 6.42 Å². The molecule has 0 atom stereocenters. The second-order valence-corrected chi connectivity index (χ2v) is 1.96. The number of carboxylic acid groups (broad SMARTS) is 1. The van der Waals surface area contributed by atoms with Gasteiger partial charge in [-0.1, -0.05) is 6.92 Å². The Balaban J connectivity index is 2.98. The Hall–Kier alpha value is -1.52. The number of urea groups is 1. The highest BCUT2D eigenvalue weighted by Crippen LogP contribution is 2.02. The zero-order valence-corrected chi connectivity index (χ0v) is 5.87. The number of aliphatic imine (C=N–C) groups is 2. The van der Waals surface area contributed by atoms with Gasteiger partial charge >= 0.3 is 12.0 Å². The van der Waals surface area contributed by atoms with E-state index in [0.29, 0.717) is 6.42 Å². The lowest BCUT2D eigenvalue weighted by atomic mass is 10.2. The standard InChI is InChI=1S/C6H6N2O3/c1-2-3-4(5(9)10)8-6(11)7-3/h2H2,1H3,(H,9,10). The Morgan fingerprint density at radius 1 is 1.55 bits per heavy atom. The molecule has 0 aromatic carbocycles. The van der Waals surface area contributed by atoms with Crippen molar-refractivity contribution >= 4 is 23.4 Å². The van der Waals surface area contributed by atoms with Crippen LogP contribution in [0, 0.1) is 0 Å². The molecule has 1 rings (SSSR count). The van der Waals surface area contributed by atoms with Crippen molar-refractivity contribution in [2.24, 2.45) is 9.98 Å². The first-order valence-electron chi connectivity index (χ1n) is 3.09. The molecule has 0 aliphatic carbocycles. The van der Waals surface area contributed by atoms with Crippen molar-refractivity contribution in [1.29, 1.82) is 0 Å². The predicted octanol–water partition coefficient (Wildman–Crippen LogP) is 0.497. The first-order chi connectivity index (χ1) is 5.15. The fourth-order valence-corrected chi connectivity index (χ4v) is 0.771. The number of hydrogen-bond donors (Lipinski definition) is 1. The number of carbonyl (C=O) groups is 2. The molecule has 58 valence electrons. The molecule has 1 aliphatic rings. The molecule has 0 aromatic rings. The molecule has 1 aliphatic heterocycles. The summed E-state index contributed by atoms with van der Waals surface area (Å²) in [4.78, 5) is 27.5. The van der Waals surface area contributed by atoms with Crippen molar-refractivity contribution in [3.8, 4) is 0 Å². The van der Waals surface area contributed by atoms with E-state index in [4.69, 9.17) is 5.11 Å². The Morgan fingerprint density at radius 3 is 2.55 bits per heavy atom. The van der Waals surface area contributed by atoms with Gasteiger partial charge in [-0.15, -0.1) is 0 Å². The molecule has 1 N–H and O–H groups in total. The summed E-state index contributed by atoms with van der Waals surface area (Å²) in [7, 11) is 0. The van der Waals surface area contributed by atoms with E-state index in [0.717, 1.165) is 0 Å². The van der Waals surface area contributed by atoms with Crippen molar-refractivity contribution in [2.45, 2.75) is 13.3 Å². The van der Waals surface area contributed by atoms with Gasteiger partial charge in [0.15, 0.2) is 5.71 Å². The smallest absolute Gasteiger partial charge is 0.368 e. The summed E-state index contributed by atoms with van der Waals surface area (Å²) in [6, 6.07) is -0.723. The first-order valence-corrected chi connectivity index (χ1v) is 3.09. The number of rotatable bonds is 2. The lowest BCUT2D eigenvalue weighted by molar-refractivity contribution is -0.129. The maximum Gasteiger partial charge on any atom is 0.368 e. The lowest BCUT2D eigenvalue weighted by Crippen LogP contribution is -2.20. The molecule has 5 nitrogen and oxygen atoms in total. The predicted molar refractivity (Wildman–Crippen MR) is 38.2 cm³/mol. The van der Waals surface area contributed by atoms with Crippen molar-refractivity contribution < 1.29 is 14.7 Å².